The van der Waals surface area contributed by atoms with Gasteiger partial charge in [-0.3, -0.25) is 4.79 Å². The molecular weight excluding hydrogens is 258 g/mol. The van der Waals surface area contributed by atoms with Crippen LogP contribution in [0, 0.1) is 0 Å². The molecule has 1 heterocycles. The number of hydrogen-bond acceptors (Lipinski definition) is 4. The Morgan fingerprint density at radius 3 is 2.60 bits per heavy atom. The second-order valence-corrected chi connectivity index (χ2v) is 5.01. The molecule has 0 radical (unpaired) electrons. The Bertz CT molecular complexity index is 524. The van der Waals surface area contributed by atoms with Crippen LogP contribution < -0.4 is 11.1 Å². The van der Waals surface area contributed by atoms with E-state index in [1.165, 1.54) is 18.2 Å². The van der Waals surface area contributed by atoms with E-state index in [4.69, 9.17) is 10.8 Å². The lowest BCUT2D eigenvalue weighted by Crippen LogP contribution is -2.39. The van der Waals surface area contributed by atoms with Crippen molar-refractivity contribution in [3.05, 3.63) is 23.8 Å². The fourth-order valence-electron chi connectivity index (χ4n) is 2.37. The first-order valence-corrected chi connectivity index (χ1v) is 6.67. The van der Waals surface area contributed by atoms with Crippen LogP contribution in [0.5, 0.6) is 0 Å². The molecule has 2 rings (SSSR count). The van der Waals surface area contributed by atoms with Gasteiger partial charge in [-0.1, -0.05) is 0 Å². The van der Waals surface area contributed by atoms with E-state index < -0.39 is 12.0 Å². The number of likely N-dealkylation sites (tertiary alicyclic amines) is 1. The summed E-state index contributed by atoms with van der Waals surface area (Å²) >= 11 is 0. The molecule has 0 aliphatic carbocycles. The first kappa shape index (κ1) is 14.2. The van der Waals surface area contributed by atoms with Crippen molar-refractivity contribution in [2.24, 2.45) is 0 Å². The number of rotatable bonds is 4. The normalized spacial score (nSPS) is 15.9. The van der Waals surface area contributed by atoms with E-state index in [0.29, 0.717) is 11.4 Å². The van der Waals surface area contributed by atoms with Crippen LogP contribution in [0.25, 0.3) is 0 Å². The average Bonchev–Trinajstić information content (AvgIpc) is 2.91. The van der Waals surface area contributed by atoms with Gasteiger partial charge in [0.2, 0.25) is 5.91 Å². The lowest BCUT2D eigenvalue weighted by Gasteiger charge is -2.22. The molecule has 1 aromatic carbocycles. The maximum atomic E-state index is 12.2. The summed E-state index contributed by atoms with van der Waals surface area (Å²) in [7, 11) is 0. The van der Waals surface area contributed by atoms with Gasteiger partial charge in [-0.15, -0.1) is 0 Å². The third-order valence-electron chi connectivity index (χ3n) is 3.43. The summed E-state index contributed by atoms with van der Waals surface area (Å²) in [5, 5.41) is 12.1. The molecule has 1 saturated heterocycles. The van der Waals surface area contributed by atoms with Gasteiger partial charge in [0.05, 0.1) is 11.3 Å². The zero-order chi connectivity index (χ0) is 14.7. The average molecular weight is 277 g/mol. The Morgan fingerprint density at radius 2 is 2.00 bits per heavy atom. The number of aromatic carboxylic acids is 1. The Labute approximate surface area is 117 Å². The molecule has 1 aromatic rings. The third-order valence-corrected chi connectivity index (χ3v) is 3.43. The van der Waals surface area contributed by atoms with E-state index in [-0.39, 0.29) is 11.5 Å². The smallest absolute Gasteiger partial charge is 0.337 e. The lowest BCUT2D eigenvalue weighted by atomic mass is 10.1. The molecule has 0 aromatic heterocycles. The highest BCUT2D eigenvalue weighted by atomic mass is 16.4. The minimum atomic E-state index is -1.05. The number of carbonyl (C=O) groups excluding carboxylic acids is 1. The van der Waals surface area contributed by atoms with E-state index in [1.807, 2.05) is 0 Å². The quantitative estimate of drug-likeness (QED) is 0.723. The van der Waals surface area contributed by atoms with Crippen LogP contribution in [0.3, 0.4) is 0 Å². The van der Waals surface area contributed by atoms with Crippen LogP contribution in [0.1, 0.15) is 30.1 Å². The van der Waals surface area contributed by atoms with E-state index in [9.17, 15) is 9.59 Å². The van der Waals surface area contributed by atoms with Crippen molar-refractivity contribution in [3.8, 4) is 0 Å². The molecule has 1 aliphatic rings. The first-order valence-electron chi connectivity index (χ1n) is 6.67. The molecule has 1 fully saturated rings. The van der Waals surface area contributed by atoms with Crippen LogP contribution in [-0.2, 0) is 4.79 Å². The molecule has 1 amide bonds. The van der Waals surface area contributed by atoms with Gasteiger partial charge in [0.15, 0.2) is 0 Å². The molecule has 108 valence electrons. The van der Waals surface area contributed by atoms with Gasteiger partial charge < -0.3 is 21.1 Å². The van der Waals surface area contributed by atoms with Crippen molar-refractivity contribution in [2.45, 2.75) is 25.8 Å². The number of carboxylic acid groups (broad SMARTS) is 1. The number of amides is 1. The Balaban J connectivity index is 2.14. The molecule has 4 N–H and O–H groups in total. The maximum Gasteiger partial charge on any atom is 0.337 e. The van der Waals surface area contributed by atoms with E-state index in [0.717, 1.165) is 25.9 Å². The second kappa shape index (κ2) is 5.81. The summed E-state index contributed by atoms with van der Waals surface area (Å²) in [6.45, 7) is 3.27. The van der Waals surface area contributed by atoms with Gasteiger partial charge in [-0.2, -0.15) is 0 Å². The van der Waals surface area contributed by atoms with Crippen molar-refractivity contribution in [1.82, 2.24) is 4.90 Å². The predicted molar refractivity (Wildman–Crippen MR) is 76.7 cm³/mol. The minimum Gasteiger partial charge on any atom is -0.478 e. The second-order valence-electron chi connectivity index (χ2n) is 5.01. The molecule has 20 heavy (non-hydrogen) atoms. The summed E-state index contributed by atoms with van der Waals surface area (Å²) < 4.78 is 0. The topological polar surface area (TPSA) is 95.7 Å². The molecule has 6 nitrogen and oxygen atoms in total. The number of nitrogen functional groups attached to an aromatic ring is 1. The van der Waals surface area contributed by atoms with Gasteiger partial charge in [0, 0.05) is 18.8 Å². The standard InChI is InChI=1S/C14H19N3O3/c1-9(13(18)17-6-2-3-7-17)16-12-8-10(15)4-5-11(12)14(19)20/h4-5,8-9,16H,2-3,6-7,15H2,1H3,(H,19,20). The number of benzene rings is 1. The van der Waals surface area contributed by atoms with Crippen molar-refractivity contribution >= 4 is 23.3 Å². The number of hydrogen-bond donors (Lipinski definition) is 3. The van der Waals surface area contributed by atoms with Crippen molar-refractivity contribution in [2.75, 3.05) is 24.1 Å². The number of nitrogens with one attached hydrogen (secondary N) is 1. The molecule has 6 heteroatoms. The molecule has 1 unspecified atom stereocenters. The minimum absolute atomic E-state index is 0.0127. The van der Waals surface area contributed by atoms with Gasteiger partial charge in [0.25, 0.3) is 0 Å². The number of carboxylic acids is 1. The number of nitrogens with two attached hydrogens (primary N) is 1. The SMILES string of the molecule is CC(Nc1cc(N)ccc1C(=O)O)C(=O)N1CCCC1. The van der Waals surface area contributed by atoms with Crippen LogP contribution in [0.4, 0.5) is 11.4 Å². The largest absolute Gasteiger partial charge is 0.478 e. The van der Waals surface area contributed by atoms with Gasteiger partial charge >= 0.3 is 5.97 Å². The van der Waals surface area contributed by atoms with Crippen LogP contribution in [-0.4, -0.2) is 41.0 Å². The highest BCUT2D eigenvalue weighted by Gasteiger charge is 2.24. The number of anilines is 2. The van der Waals surface area contributed by atoms with Crippen molar-refractivity contribution in [1.29, 1.82) is 0 Å². The zero-order valence-electron chi connectivity index (χ0n) is 11.4. The highest BCUT2D eigenvalue weighted by Crippen LogP contribution is 2.21. The fourth-order valence-corrected chi connectivity index (χ4v) is 2.37. The van der Waals surface area contributed by atoms with Crippen molar-refractivity contribution < 1.29 is 14.7 Å². The van der Waals surface area contributed by atoms with Gasteiger partial charge in [-0.25, -0.2) is 4.79 Å². The van der Waals surface area contributed by atoms with Crippen LogP contribution in [0.2, 0.25) is 0 Å². The number of nitrogens with zero attached hydrogens (tertiary/aromatic N) is 1. The fraction of sp³-hybridized carbons (Fsp3) is 0.429. The van der Waals surface area contributed by atoms with Crippen LogP contribution in [0.15, 0.2) is 18.2 Å². The molecule has 0 bridgehead atoms. The molecule has 1 aliphatic heterocycles. The summed E-state index contributed by atoms with van der Waals surface area (Å²) in [6.07, 6.45) is 2.05. The van der Waals surface area contributed by atoms with Gasteiger partial charge in [-0.05, 0) is 38.0 Å². The lowest BCUT2D eigenvalue weighted by molar-refractivity contribution is -0.130. The van der Waals surface area contributed by atoms with E-state index in [2.05, 4.69) is 5.32 Å². The molecule has 0 spiro atoms. The molecule has 1 atom stereocenters. The van der Waals surface area contributed by atoms with E-state index in [1.54, 1.807) is 11.8 Å². The van der Waals surface area contributed by atoms with E-state index >= 15 is 0 Å². The predicted octanol–water partition coefficient (Wildman–Crippen LogP) is 1.39. The third kappa shape index (κ3) is 3.01. The molecule has 0 saturated carbocycles. The Kier molecular flexibility index (Phi) is 4.12. The Morgan fingerprint density at radius 1 is 1.35 bits per heavy atom. The monoisotopic (exact) mass is 277 g/mol. The summed E-state index contributed by atoms with van der Waals surface area (Å²) in [4.78, 5) is 25.2. The summed E-state index contributed by atoms with van der Waals surface area (Å²) in [6, 6.07) is 4.03. The zero-order valence-corrected chi connectivity index (χ0v) is 11.4. The Hall–Kier alpha value is -2.24. The number of carbonyl (C=O) groups is 2. The molecular formula is C14H19N3O3. The summed E-state index contributed by atoms with van der Waals surface area (Å²) in [5.41, 5.74) is 6.61. The van der Waals surface area contributed by atoms with Crippen molar-refractivity contribution in [3.63, 3.8) is 0 Å². The summed E-state index contributed by atoms with van der Waals surface area (Å²) in [5.74, 6) is -1.06. The maximum absolute atomic E-state index is 12.2. The highest BCUT2D eigenvalue weighted by molar-refractivity contribution is 5.96. The first-order chi connectivity index (χ1) is 9.49. The van der Waals surface area contributed by atoms with Crippen LogP contribution >= 0.6 is 0 Å². The van der Waals surface area contributed by atoms with Gasteiger partial charge in [0.1, 0.15) is 6.04 Å².